The van der Waals surface area contributed by atoms with E-state index in [9.17, 15) is 9.59 Å². The minimum absolute atomic E-state index is 0.106. The molecule has 0 aromatic heterocycles. The van der Waals surface area contributed by atoms with Gasteiger partial charge in [0.2, 0.25) is 0 Å². The van der Waals surface area contributed by atoms with E-state index in [1.807, 2.05) is 13.8 Å². The lowest BCUT2D eigenvalue weighted by atomic mass is 9.68. The largest absolute Gasteiger partial charge is 0.481 e. The van der Waals surface area contributed by atoms with E-state index in [4.69, 9.17) is 9.84 Å². The van der Waals surface area contributed by atoms with Crippen LogP contribution in [0.15, 0.2) is 0 Å². The Hall–Kier alpha value is -1.06. The number of aliphatic carboxylic acids is 1. The van der Waals surface area contributed by atoms with Crippen LogP contribution in [-0.2, 0) is 14.3 Å². The Labute approximate surface area is 96.0 Å². The van der Waals surface area contributed by atoms with E-state index in [-0.39, 0.29) is 17.8 Å². The fourth-order valence-electron chi connectivity index (χ4n) is 2.50. The van der Waals surface area contributed by atoms with Gasteiger partial charge in [0.1, 0.15) is 0 Å². The van der Waals surface area contributed by atoms with Gasteiger partial charge in [0.15, 0.2) is 0 Å². The molecule has 4 nitrogen and oxygen atoms in total. The third-order valence-electron chi connectivity index (χ3n) is 3.76. The molecule has 0 radical (unpaired) electrons. The number of esters is 1. The van der Waals surface area contributed by atoms with Crippen LogP contribution in [-0.4, -0.2) is 24.2 Å². The first-order chi connectivity index (χ1) is 7.39. The number of hydrogen-bond acceptors (Lipinski definition) is 3. The van der Waals surface area contributed by atoms with Gasteiger partial charge in [0.05, 0.1) is 18.4 Å². The summed E-state index contributed by atoms with van der Waals surface area (Å²) in [6.07, 6.45) is 3.09. The molecule has 0 saturated heterocycles. The first kappa shape index (κ1) is 13.0. The zero-order chi connectivity index (χ0) is 12.3. The zero-order valence-corrected chi connectivity index (χ0v) is 10.2. The smallest absolute Gasteiger partial charge is 0.311 e. The molecule has 0 aliphatic heterocycles. The Balaban J connectivity index is 2.73. The van der Waals surface area contributed by atoms with Gasteiger partial charge < -0.3 is 9.84 Å². The lowest BCUT2D eigenvalue weighted by Crippen LogP contribution is -2.38. The van der Waals surface area contributed by atoms with Gasteiger partial charge in [-0.2, -0.15) is 0 Å². The van der Waals surface area contributed by atoms with Gasteiger partial charge in [-0.25, -0.2) is 0 Å². The molecule has 1 saturated carbocycles. The third-order valence-corrected chi connectivity index (χ3v) is 3.76. The summed E-state index contributed by atoms with van der Waals surface area (Å²) in [5.41, 5.74) is -0.580. The van der Waals surface area contributed by atoms with Crippen LogP contribution < -0.4 is 0 Å². The van der Waals surface area contributed by atoms with E-state index in [1.54, 1.807) is 0 Å². The molecule has 2 atom stereocenters. The van der Waals surface area contributed by atoms with Gasteiger partial charge in [0, 0.05) is 0 Å². The maximum atomic E-state index is 11.6. The summed E-state index contributed by atoms with van der Waals surface area (Å²) in [7, 11) is 1.38. The Morgan fingerprint density at radius 1 is 1.31 bits per heavy atom. The number of rotatable bonds is 3. The molecule has 1 N–H and O–H groups in total. The van der Waals surface area contributed by atoms with Gasteiger partial charge in [-0.05, 0) is 39.0 Å². The first-order valence-electron chi connectivity index (χ1n) is 5.70. The summed E-state index contributed by atoms with van der Waals surface area (Å²) in [5, 5.41) is 9.00. The molecule has 1 rings (SSSR count). The Kier molecular flexibility index (Phi) is 3.94. The van der Waals surface area contributed by atoms with Crippen molar-refractivity contribution >= 4 is 11.9 Å². The molecule has 4 heteroatoms. The van der Waals surface area contributed by atoms with Crippen molar-refractivity contribution in [2.75, 3.05) is 7.11 Å². The lowest BCUT2D eigenvalue weighted by molar-refractivity contribution is -0.157. The van der Waals surface area contributed by atoms with Crippen molar-refractivity contribution in [3.8, 4) is 0 Å². The van der Waals surface area contributed by atoms with Crippen LogP contribution in [0.2, 0.25) is 0 Å². The highest BCUT2D eigenvalue weighted by molar-refractivity contribution is 5.76. The summed E-state index contributed by atoms with van der Waals surface area (Å²) in [5.74, 6) is -1.19. The van der Waals surface area contributed by atoms with Gasteiger partial charge in [0.25, 0.3) is 0 Å². The van der Waals surface area contributed by atoms with Crippen molar-refractivity contribution in [1.29, 1.82) is 0 Å². The number of carbonyl (C=O) groups excluding carboxylic acids is 1. The fraction of sp³-hybridized carbons (Fsp3) is 0.833. The van der Waals surface area contributed by atoms with E-state index in [1.165, 1.54) is 7.11 Å². The highest BCUT2D eigenvalue weighted by Gasteiger charge is 2.41. The number of hydrogen-bond donors (Lipinski definition) is 1. The van der Waals surface area contributed by atoms with Crippen molar-refractivity contribution in [3.63, 3.8) is 0 Å². The molecule has 0 amide bonds. The van der Waals surface area contributed by atoms with Gasteiger partial charge in [-0.3, -0.25) is 9.59 Å². The van der Waals surface area contributed by atoms with Crippen LogP contribution in [0.25, 0.3) is 0 Å². The standard InChI is InChI=1S/C12H20O4/c1-12(2,11(15)16-3)9-6-4-5-8(7-9)10(13)14/h8-9H,4-7H2,1-3H3,(H,13,14). The van der Waals surface area contributed by atoms with Crippen LogP contribution in [0.1, 0.15) is 39.5 Å². The second kappa shape index (κ2) is 4.85. The number of methoxy groups -OCH3 is 1. The molecule has 0 aromatic rings. The number of carboxylic acids is 1. The predicted octanol–water partition coefficient (Wildman–Crippen LogP) is 2.08. The zero-order valence-electron chi connectivity index (χ0n) is 10.2. The molecular formula is C12H20O4. The maximum Gasteiger partial charge on any atom is 0.311 e. The second-order valence-electron chi connectivity index (χ2n) is 5.11. The van der Waals surface area contributed by atoms with Crippen molar-refractivity contribution in [3.05, 3.63) is 0 Å². The van der Waals surface area contributed by atoms with Crippen LogP contribution in [0.3, 0.4) is 0 Å². The quantitative estimate of drug-likeness (QED) is 0.751. The molecule has 0 bridgehead atoms. The average Bonchev–Trinajstić information content (AvgIpc) is 2.28. The number of ether oxygens (including phenoxy) is 1. The molecule has 0 aromatic carbocycles. The normalized spacial score (nSPS) is 26.2. The van der Waals surface area contributed by atoms with Crippen molar-refractivity contribution in [2.24, 2.45) is 17.3 Å². The Morgan fingerprint density at radius 2 is 1.94 bits per heavy atom. The molecule has 0 spiro atoms. The van der Waals surface area contributed by atoms with E-state index < -0.39 is 11.4 Å². The molecular weight excluding hydrogens is 208 g/mol. The molecule has 92 valence electrons. The SMILES string of the molecule is COC(=O)C(C)(C)C1CCCC(C(=O)O)C1. The molecule has 1 aliphatic carbocycles. The van der Waals surface area contributed by atoms with Crippen LogP contribution in [0.5, 0.6) is 0 Å². The minimum atomic E-state index is -0.745. The fourth-order valence-corrected chi connectivity index (χ4v) is 2.50. The predicted molar refractivity (Wildman–Crippen MR) is 58.9 cm³/mol. The lowest BCUT2D eigenvalue weighted by Gasteiger charge is -2.36. The highest BCUT2D eigenvalue weighted by Crippen LogP contribution is 2.41. The summed E-state index contributed by atoms with van der Waals surface area (Å²) >= 11 is 0. The van der Waals surface area contributed by atoms with Crippen LogP contribution in [0.4, 0.5) is 0 Å². The van der Waals surface area contributed by atoms with E-state index in [0.29, 0.717) is 6.42 Å². The van der Waals surface area contributed by atoms with E-state index >= 15 is 0 Å². The van der Waals surface area contributed by atoms with E-state index in [0.717, 1.165) is 19.3 Å². The molecule has 2 unspecified atom stereocenters. The maximum absolute atomic E-state index is 11.6. The van der Waals surface area contributed by atoms with Crippen LogP contribution >= 0.6 is 0 Å². The number of carbonyl (C=O) groups is 2. The third kappa shape index (κ3) is 2.54. The van der Waals surface area contributed by atoms with Crippen molar-refractivity contribution in [2.45, 2.75) is 39.5 Å². The summed E-state index contributed by atoms with van der Waals surface area (Å²) in [6, 6.07) is 0. The topological polar surface area (TPSA) is 63.6 Å². The first-order valence-corrected chi connectivity index (χ1v) is 5.70. The van der Waals surface area contributed by atoms with Crippen molar-refractivity contribution in [1.82, 2.24) is 0 Å². The molecule has 1 aliphatic rings. The van der Waals surface area contributed by atoms with Gasteiger partial charge in [-0.1, -0.05) is 6.42 Å². The molecule has 16 heavy (non-hydrogen) atoms. The van der Waals surface area contributed by atoms with Crippen LogP contribution in [0, 0.1) is 17.3 Å². The summed E-state index contributed by atoms with van der Waals surface area (Å²) < 4.78 is 4.78. The van der Waals surface area contributed by atoms with Gasteiger partial charge in [-0.15, -0.1) is 0 Å². The monoisotopic (exact) mass is 228 g/mol. The minimum Gasteiger partial charge on any atom is -0.481 e. The summed E-state index contributed by atoms with van der Waals surface area (Å²) in [6.45, 7) is 3.68. The number of carboxylic acid groups (broad SMARTS) is 1. The highest BCUT2D eigenvalue weighted by atomic mass is 16.5. The second-order valence-corrected chi connectivity index (χ2v) is 5.11. The Morgan fingerprint density at radius 3 is 2.44 bits per heavy atom. The Bertz CT molecular complexity index is 283. The summed E-state index contributed by atoms with van der Waals surface area (Å²) in [4.78, 5) is 22.6. The average molecular weight is 228 g/mol. The van der Waals surface area contributed by atoms with E-state index in [2.05, 4.69) is 0 Å². The molecule has 1 fully saturated rings. The molecule has 0 heterocycles. The van der Waals surface area contributed by atoms with Gasteiger partial charge >= 0.3 is 11.9 Å². The van der Waals surface area contributed by atoms with Crippen molar-refractivity contribution < 1.29 is 19.4 Å².